The first kappa shape index (κ1) is 8.83. The first-order chi connectivity index (χ1) is 5.24. The molecule has 1 aliphatic carbocycles. The molecule has 1 unspecified atom stereocenters. The summed E-state index contributed by atoms with van der Waals surface area (Å²) in [5, 5.41) is 0. The molecule has 64 valence electrons. The molecule has 11 heavy (non-hydrogen) atoms. The van der Waals surface area contributed by atoms with Gasteiger partial charge in [0.1, 0.15) is 0 Å². The van der Waals surface area contributed by atoms with Crippen LogP contribution in [0.1, 0.15) is 52.9 Å². The Labute approximate surface area is 70.7 Å². The SMILES string of the molecule is CCCC1=C(C)CC(C)CC1. The summed E-state index contributed by atoms with van der Waals surface area (Å²) < 4.78 is 0. The van der Waals surface area contributed by atoms with Gasteiger partial charge in [0.2, 0.25) is 0 Å². The van der Waals surface area contributed by atoms with E-state index in [1.807, 2.05) is 0 Å². The van der Waals surface area contributed by atoms with Crippen molar-refractivity contribution in [3.63, 3.8) is 0 Å². The van der Waals surface area contributed by atoms with E-state index in [0.29, 0.717) is 0 Å². The Kier molecular flexibility index (Phi) is 3.16. The van der Waals surface area contributed by atoms with Gasteiger partial charge in [0.25, 0.3) is 0 Å². The fourth-order valence-electron chi connectivity index (χ4n) is 2.04. The fourth-order valence-corrected chi connectivity index (χ4v) is 2.04. The number of allylic oxidation sites excluding steroid dienone is 2. The zero-order valence-corrected chi connectivity index (χ0v) is 8.11. The topological polar surface area (TPSA) is 0 Å². The largest absolute Gasteiger partial charge is 0.0739 e. The normalized spacial score (nSPS) is 25.9. The van der Waals surface area contributed by atoms with Crippen LogP contribution in [0.2, 0.25) is 0 Å². The quantitative estimate of drug-likeness (QED) is 0.526. The molecule has 1 aliphatic rings. The third-order valence-corrected chi connectivity index (χ3v) is 2.75. The number of hydrogen-bond acceptors (Lipinski definition) is 0. The average Bonchev–Trinajstić information content (AvgIpc) is 1.95. The van der Waals surface area contributed by atoms with Gasteiger partial charge in [0, 0.05) is 0 Å². The van der Waals surface area contributed by atoms with Crippen molar-refractivity contribution in [3.05, 3.63) is 11.1 Å². The van der Waals surface area contributed by atoms with Gasteiger partial charge in [-0.3, -0.25) is 0 Å². The molecule has 0 amide bonds. The number of hydrogen-bond donors (Lipinski definition) is 0. The van der Waals surface area contributed by atoms with Crippen molar-refractivity contribution in [3.8, 4) is 0 Å². The average molecular weight is 152 g/mol. The zero-order valence-electron chi connectivity index (χ0n) is 8.11. The van der Waals surface area contributed by atoms with Crippen LogP contribution in [0.15, 0.2) is 11.1 Å². The minimum atomic E-state index is 0.940. The molecule has 0 saturated heterocycles. The van der Waals surface area contributed by atoms with Crippen LogP contribution >= 0.6 is 0 Å². The second kappa shape index (κ2) is 3.94. The molecule has 0 bridgehead atoms. The van der Waals surface area contributed by atoms with Crippen LogP contribution in [0.5, 0.6) is 0 Å². The molecule has 0 heteroatoms. The Morgan fingerprint density at radius 3 is 2.73 bits per heavy atom. The van der Waals surface area contributed by atoms with E-state index in [0.717, 1.165) is 5.92 Å². The highest BCUT2D eigenvalue weighted by Crippen LogP contribution is 2.30. The molecule has 0 heterocycles. The van der Waals surface area contributed by atoms with Crippen molar-refractivity contribution in [1.29, 1.82) is 0 Å². The molecule has 0 N–H and O–H groups in total. The molecule has 0 nitrogen and oxygen atoms in total. The van der Waals surface area contributed by atoms with Crippen molar-refractivity contribution in [2.45, 2.75) is 52.9 Å². The van der Waals surface area contributed by atoms with Crippen LogP contribution in [0.4, 0.5) is 0 Å². The van der Waals surface area contributed by atoms with Gasteiger partial charge in [-0.1, -0.05) is 31.4 Å². The molecule has 0 aromatic carbocycles. The molecule has 1 atom stereocenters. The van der Waals surface area contributed by atoms with E-state index in [9.17, 15) is 0 Å². The first-order valence-corrected chi connectivity index (χ1v) is 4.91. The van der Waals surface area contributed by atoms with E-state index >= 15 is 0 Å². The van der Waals surface area contributed by atoms with Crippen molar-refractivity contribution >= 4 is 0 Å². The molecular weight excluding hydrogens is 132 g/mol. The summed E-state index contributed by atoms with van der Waals surface area (Å²) in [5.41, 5.74) is 3.44. The summed E-state index contributed by atoms with van der Waals surface area (Å²) in [6.07, 6.45) is 6.82. The first-order valence-electron chi connectivity index (χ1n) is 4.91. The van der Waals surface area contributed by atoms with Gasteiger partial charge in [-0.25, -0.2) is 0 Å². The Hall–Kier alpha value is -0.260. The van der Waals surface area contributed by atoms with Crippen LogP contribution in [0.3, 0.4) is 0 Å². The van der Waals surface area contributed by atoms with E-state index in [-0.39, 0.29) is 0 Å². The standard InChI is InChI=1S/C11H20/c1-4-5-11-7-6-9(2)8-10(11)3/h9H,4-8H2,1-3H3. The van der Waals surface area contributed by atoms with Gasteiger partial charge in [-0.15, -0.1) is 0 Å². The van der Waals surface area contributed by atoms with Crippen LogP contribution in [0, 0.1) is 5.92 Å². The van der Waals surface area contributed by atoms with Crippen molar-refractivity contribution in [1.82, 2.24) is 0 Å². The third kappa shape index (κ3) is 2.36. The summed E-state index contributed by atoms with van der Waals surface area (Å²) in [7, 11) is 0. The summed E-state index contributed by atoms with van der Waals surface area (Å²) in [4.78, 5) is 0. The smallest absolute Gasteiger partial charge is 0.0294 e. The van der Waals surface area contributed by atoms with Crippen molar-refractivity contribution in [2.24, 2.45) is 5.92 Å². The highest BCUT2D eigenvalue weighted by atomic mass is 14.2. The molecule has 0 aromatic heterocycles. The molecular formula is C11H20. The molecule has 0 radical (unpaired) electrons. The molecule has 1 rings (SSSR count). The number of rotatable bonds is 2. The summed E-state index contributed by atoms with van der Waals surface area (Å²) >= 11 is 0. The maximum atomic E-state index is 2.37. The van der Waals surface area contributed by atoms with Gasteiger partial charge in [-0.05, 0) is 38.5 Å². The van der Waals surface area contributed by atoms with E-state index in [4.69, 9.17) is 0 Å². The summed E-state index contributed by atoms with van der Waals surface area (Å²) in [6.45, 7) is 6.96. The fraction of sp³-hybridized carbons (Fsp3) is 0.818. The van der Waals surface area contributed by atoms with E-state index in [1.165, 1.54) is 32.1 Å². The van der Waals surface area contributed by atoms with Gasteiger partial charge in [-0.2, -0.15) is 0 Å². The monoisotopic (exact) mass is 152 g/mol. The Morgan fingerprint density at radius 2 is 2.18 bits per heavy atom. The van der Waals surface area contributed by atoms with Crippen LogP contribution in [0.25, 0.3) is 0 Å². The second-order valence-electron chi connectivity index (χ2n) is 3.98. The maximum absolute atomic E-state index is 2.37. The van der Waals surface area contributed by atoms with Gasteiger partial charge < -0.3 is 0 Å². The van der Waals surface area contributed by atoms with Crippen LogP contribution < -0.4 is 0 Å². The molecule has 0 fully saturated rings. The third-order valence-electron chi connectivity index (χ3n) is 2.75. The van der Waals surface area contributed by atoms with E-state index in [2.05, 4.69) is 20.8 Å². The maximum Gasteiger partial charge on any atom is -0.0294 e. The van der Waals surface area contributed by atoms with Crippen molar-refractivity contribution < 1.29 is 0 Å². The highest BCUT2D eigenvalue weighted by molar-refractivity contribution is 5.15. The van der Waals surface area contributed by atoms with Crippen molar-refractivity contribution in [2.75, 3.05) is 0 Å². The minimum absolute atomic E-state index is 0.940. The Balaban J connectivity index is 2.54. The van der Waals surface area contributed by atoms with E-state index in [1.54, 1.807) is 11.1 Å². The lowest BCUT2D eigenvalue weighted by Gasteiger charge is -2.22. The van der Waals surface area contributed by atoms with Crippen LogP contribution in [-0.2, 0) is 0 Å². The van der Waals surface area contributed by atoms with Gasteiger partial charge in [0.15, 0.2) is 0 Å². The van der Waals surface area contributed by atoms with Crippen LogP contribution in [-0.4, -0.2) is 0 Å². The molecule has 0 saturated carbocycles. The summed E-state index contributed by atoms with van der Waals surface area (Å²) in [5.74, 6) is 0.940. The minimum Gasteiger partial charge on any atom is -0.0739 e. The van der Waals surface area contributed by atoms with Gasteiger partial charge >= 0.3 is 0 Å². The molecule has 0 aromatic rings. The predicted octanol–water partition coefficient (Wildman–Crippen LogP) is 3.92. The van der Waals surface area contributed by atoms with Gasteiger partial charge in [0.05, 0.1) is 0 Å². The lowest BCUT2D eigenvalue weighted by Crippen LogP contribution is -2.05. The Morgan fingerprint density at radius 1 is 1.45 bits per heavy atom. The highest BCUT2D eigenvalue weighted by Gasteiger charge is 2.13. The lowest BCUT2D eigenvalue weighted by atomic mass is 9.84. The predicted molar refractivity (Wildman–Crippen MR) is 50.6 cm³/mol. The zero-order chi connectivity index (χ0) is 8.27. The Bertz CT molecular complexity index is 153. The molecule has 0 spiro atoms. The lowest BCUT2D eigenvalue weighted by molar-refractivity contribution is 0.487. The molecule has 0 aliphatic heterocycles. The summed E-state index contributed by atoms with van der Waals surface area (Å²) in [6, 6.07) is 0. The second-order valence-corrected chi connectivity index (χ2v) is 3.98. The van der Waals surface area contributed by atoms with E-state index < -0.39 is 0 Å².